The molecule has 1 atom stereocenters. The first-order valence-electron chi connectivity index (χ1n) is 7.92. The molecule has 0 fully saturated rings. The zero-order valence-corrected chi connectivity index (χ0v) is 13.9. The van der Waals surface area contributed by atoms with Crippen molar-refractivity contribution in [1.29, 1.82) is 0 Å². The van der Waals surface area contributed by atoms with Crippen molar-refractivity contribution in [2.24, 2.45) is 0 Å². The lowest BCUT2D eigenvalue weighted by atomic mass is 10.1. The Kier molecular flexibility index (Phi) is 4.38. The highest BCUT2D eigenvalue weighted by Crippen LogP contribution is 2.23. The van der Waals surface area contributed by atoms with Gasteiger partial charge in [-0.1, -0.05) is 30.3 Å². The molecular weight excluding hydrogens is 298 g/mol. The van der Waals surface area contributed by atoms with Crippen LogP contribution in [-0.4, -0.2) is 22.8 Å². The van der Waals surface area contributed by atoms with Crippen molar-refractivity contribution >= 4 is 28.6 Å². The van der Waals surface area contributed by atoms with Gasteiger partial charge in [-0.25, -0.2) is 0 Å². The van der Waals surface area contributed by atoms with Crippen molar-refractivity contribution < 1.29 is 4.79 Å². The quantitative estimate of drug-likeness (QED) is 0.564. The van der Waals surface area contributed by atoms with Crippen molar-refractivity contribution in [3.8, 4) is 0 Å². The van der Waals surface area contributed by atoms with E-state index in [1.54, 1.807) is 17.1 Å². The van der Waals surface area contributed by atoms with Gasteiger partial charge in [0.2, 0.25) is 5.91 Å². The Morgan fingerprint density at radius 3 is 2.58 bits per heavy atom. The van der Waals surface area contributed by atoms with E-state index >= 15 is 0 Å². The molecule has 0 spiro atoms. The van der Waals surface area contributed by atoms with Gasteiger partial charge < -0.3 is 15.6 Å². The van der Waals surface area contributed by atoms with Crippen molar-refractivity contribution in [1.82, 2.24) is 9.88 Å². The van der Waals surface area contributed by atoms with Crippen LogP contribution in [0.15, 0.2) is 60.7 Å². The van der Waals surface area contributed by atoms with Crippen LogP contribution in [0.25, 0.3) is 17.0 Å². The number of likely N-dealkylation sites (N-methyl/N-ethyl adjacent to an activating group) is 1. The van der Waals surface area contributed by atoms with Crippen LogP contribution in [0.5, 0.6) is 0 Å². The molecule has 1 unspecified atom stereocenters. The van der Waals surface area contributed by atoms with E-state index in [1.165, 1.54) is 0 Å². The van der Waals surface area contributed by atoms with Gasteiger partial charge in [0.25, 0.3) is 0 Å². The first kappa shape index (κ1) is 15.9. The number of hydrogen-bond acceptors (Lipinski definition) is 2. The second-order valence-electron chi connectivity index (χ2n) is 5.94. The first-order chi connectivity index (χ1) is 11.5. The average molecular weight is 319 g/mol. The van der Waals surface area contributed by atoms with Crippen molar-refractivity contribution in [2.45, 2.75) is 13.0 Å². The zero-order chi connectivity index (χ0) is 17.1. The van der Waals surface area contributed by atoms with E-state index in [4.69, 9.17) is 5.73 Å². The molecule has 4 heteroatoms. The summed E-state index contributed by atoms with van der Waals surface area (Å²) in [7, 11) is 1.81. The summed E-state index contributed by atoms with van der Waals surface area (Å²) in [5.41, 5.74) is 9.43. The standard InChI is InChI=1S/C20H21N3O/c1-14(19-13-16-5-3-4-6-18(16)22-19)23(2)20(24)12-9-15-7-10-17(21)11-8-15/h3-14,22H,21H2,1-2H3/b12-9+. The molecule has 1 amide bonds. The lowest BCUT2D eigenvalue weighted by molar-refractivity contribution is -0.126. The van der Waals surface area contributed by atoms with E-state index in [0.29, 0.717) is 5.69 Å². The van der Waals surface area contributed by atoms with Gasteiger partial charge in [0.05, 0.1) is 6.04 Å². The number of nitrogens with zero attached hydrogens (tertiary/aromatic N) is 1. The number of nitrogens with two attached hydrogens (primary N) is 1. The third-order valence-corrected chi connectivity index (χ3v) is 4.28. The van der Waals surface area contributed by atoms with Crippen LogP contribution in [0, 0.1) is 0 Å². The molecule has 4 nitrogen and oxygen atoms in total. The fraction of sp³-hybridized carbons (Fsp3) is 0.150. The van der Waals surface area contributed by atoms with Crippen molar-refractivity contribution in [3.05, 3.63) is 71.9 Å². The summed E-state index contributed by atoms with van der Waals surface area (Å²) in [4.78, 5) is 17.5. The second-order valence-corrected chi connectivity index (χ2v) is 5.94. The number of aromatic nitrogens is 1. The van der Waals surface area contributed by atoms with E-state index in [-0.39, 0.29) is 11.9 Å². The normalized spacial score (nSPS) is 12.6. The maximum absolute atomic E-state index is 12.4. The fourth-order valence-electron chi connectivity index (χ4n) is 2.61. The number of amides is 1. The lowest BCUT2D eigenvalue weighted by Crippen LogP contribution is -2.28. The molecule has 3 rings (SSSR count). The number of rotatable bonds is 4. The van der Waals surface area contributed by atoms with Crippen LogP contribution in [0.2, 0.25) is 0 Å². The Balaban J connectivity index is 1.73. The minimum atomic E-state index is -0.0435. The molecule has 0 aliphatic heterocycles. The second kappa shape index (κ2) is 6.62. The molecule has 0 radical (unpaired) electrons. The molecule has 0 saturated heterocycles. The Morgan fingerprint density at radius 1 is 1.17 bits per heavy atom. The average Bonchev–Trinajstić information content (AvgIpc) is 3.03. The fourth-order valence-corrected chi connectivity index (χ4v) is 2.61. The van der Waals surface area contributed by atoms with Crippen LogP contribution in [0.3, 0.4) is 0 Å². The summed E-state index contributed by atoms with van der Waals surface area (Å²) < 4.78 is 0. The minimum Gasteiger partial charge on any atom is -0.399 e. The van der Waals surface area contributed by atoms with E-state index in [1.807, 2.05) is 56.4 Å². The molecule has 0 aliphatic carbocycles. The number of para-hydroxylation sites is 1. The number of anilines is 1. The van der Waals surface area contributed by atoms with Crippen molar-refractivity contribution in [2.75, 3.05) is 12.8 Å². The van der Waals surface area contributed by atoms with Crippen LogP contribution in [-0.2, 0) is 4.79 Å². The molecular formula is C20H21N3O. The number of benzene rings is 2. The summed E-state index contributed by atoms with van der Waals surface area (Å²) >= 11 is 0. The molecule has 1 heterocycles. The van der Waals surface area contributed by atoms with E-state index in [2.05, 4.69) is 17.1 Å². The molecule has 0 aliphatic rings. The summed E-state index contributed by atoms with van der Waals surface area (Å²) in [6.45, 7) is 2.01. The van der Waals surface area contributed by atoms with Crippen molar-refractivity contribution in [3.63, 3.8) is 0 Å². The Bertz CT molecular complexity index is 844. The topological polar surface area (TPSA) is 62.1 Å². The number of carbonyl (C=O) groups is 1. The third-order valence-electron chi connectivity index (χ3n) is 4.28. The summed E-state index contributed by atoms with van der Waals surface area (Å²) in [6, 6.07) is 17.6. The maximum Gasteiger partial charge on any atom is 0.246 e. The molecule has 3 N–H and O–H groups in total. The highest BCUT2D eigenvalue weighted by molar-refractivity contribution is 5.92. The van der Waals surface area contributed by atoms with Crippen LogP contribution in [0.1, 0.15) is 24.2 Å². The number of hydrogen-bond donors (Lipinski definition) is 2. The molecule has 0 bridgehead atoms. The van der Waals surface area contributed by atoms with Crippen LogP contribution in [0.4, 0.5) is 5.69 Å². The van der Waals surface area contributed by atoms with Gasteiger partial charge in [0, 0.05) is 30.0 Å². The van der Waals surface area contributed by atoms with Crippen LogP contribution < -0.4 is 5.73 Å². The Labute approximate surface area is 141 Å². The number of H-pyrrole nitrogens is 1. The summed E-state index contributed by atoms with van der Waals surface area (Å²) in [5.74, 6) is -0.0435. The molecule has 24 heavy (non-hydrogen) atoms. The Morgan fingerprint density at radius 2 is 1.88 bits per heavy atom. The number of fused-ring (bicyclic) bond motifs is 1. The summed E-state index contributed by atoms with van der Waals surface area (Å²) in [5, 5.41) is 1.15. The van der Waals surface area contributed by atoms with Gasteiger partial charge in [-0.2, -0.15) is 0 Å². The Hall–Kier alpha value is -3.01. The monoisotopic (exact) mass is 319 g/mol. The lowest BCUT2D eigenvalue weighted by Gasteiger charge is -2.22. The third kappa shape index (κ3) is 3.33. The predicted molar refractivity (Wildman–Crippen MR) is 99.4 cm³/mol. The molecule has 1 aromatic heterocycles. The SMILES string of the molecule is CC(c1cc2ccccc2[nH]1)N(C)C(=O)/C=C/c1ccc(N)cc1. The van der Waals surface area contributed by atoms with Gasteiger partial charge in [-0.15, -0.1) is 0 Å². The van der Waals surface area contributed by atoms with E-state index in [0.717, 1.165) is 22.2 Å². The number of aromatic amines is 1. The summed E-state index contributed by atoms with van der Waals surface area (Å²) in [6.07, 6.45) is 3.39. The highest BCUT2D eigenvalue weighted by Gasteiger charge is 2.17. The largest absolute Gasteiger partial charge is 0.399 e. The van der Waals surface area contributed by atoms with Gasteiger partial charge in [-0.05, 0) is 48.2 Å². The van der Waals surface area contributed by atoms with Gasteiger partial charge in [0.15, 0.2) is 0 Å². The predicted octanol–water partition coefficient (Wildman–Crippen LogP) is 3.98. The zero-order valence-electron chi connectivity index (χ0n) is 13.9. The first-order valence-corrected chi connectivity index (χ1v) is 7.92. The number of nitrogens with one attached hydrogen (secondary N) is 1. The van der Waals surface area contributed by atoms with Gasteiger partial charge >= 0.3 is 0 Å². The molecule has 3 aromatic rings. The van der Waals surface area contributed by atoms with E-state index in [9.17, 15) is 4.79 Å². The molecule has 2 aromatic carbocycles. The highest BCUT2D eigenvalue weighted by atomic mass is 16.2. The van der Waals surface area contributed by atoms with Gasteiger partial charge in [0.1, 0.15) is 0 Å². The number of carbonyl (C=O) groups excluding carboxylic acids is 1. The molecule has 122 valence electrons. The number of nitrogen functional groups attached to an aromatic ring is 1. The maximum atomic E-state index is 12.4. The van der Waals surface area contributed by atoms with Gasteiger partial charge in [-0.3, -0.25) is 4.79 Å². The van der Waals surface area contributed by atoms with Crippen LogP contribution >= 0.6 is 0 Å². The smallest absolute Gasteiger partial charge is 0.246 e. The molecule has 0 saturated carbocycles. The minimum absolute atomic E-state index is 0.0408. The van der Waals surface area contributed by atoms with E-state index < -0.39 is 0 Å².